The lowest BCUT2D eigenvalue weighted by atomic mass is 10.1. The van der Waals surface area contributed by atoms with Gasteiger partial charge in [-0.25, -0.2) is 4.79 Å². The van der Waals surface area contributed by atoms with Gasteiger partial charge in [0, 0.05) is 0 Å². The van der Waals surface area contributed by atoms with Crippen molar-refractivity contribution >= 4 is 6.09 Å². The summed E-state index contributed by atoms with van der Waals surface area (Å²) in [5, 5.41) is 0. The minimum absolute atomic E-state index is 0.0216. The molecule has 0 saturated carbocycles. The first-order valence-electron chi connectivity index (χ1n) is 10.1. The molecule has 4 nitrogen and oxygen atoms in total. The Balaban J connectivity index is 2.50. The highest BCUT2D eigenvalue weighted by atomic mass is 16.6. The van der Waals surface area contributed by atoms with E-state index in [-0.39, 0.29) is 18.2 Å². The molecule has 0 aromatic rings. The summed E-state index contributed by atoms with van der Waals surface area (Å²) in [5.74, 6) is 0. The summed E-state index contributed by atoms with van der Waals surface area (Å²) < 4.78 is 11.7. The predicted octanol–water partition coefficient (Wildman–Crippen LogP) is 6.22. The lowest BCUT2D eigenvalue weighted by molar-refractivity contribution is -0.0779. The Kier molecular flexibility index (Phi) is 8.88. The van der Waals surface area contributed by atoms with Gasteiger partial charge in [0.2, 0.25) is 0 Å². The van der Waals surface area contributed by atoms with Crippen molar-refractivity contribution in [3.63, 3.8) is 0 Å². The fraction of sp³-hybridized carbons (Fsp3) is 0.773. The maximum absolute atomic E-state index is 12.6. The molecule has 4 heteroatoms. The number of carbonyl (C=O) groups is 1. The van der Waals surface area contributed by atoms with Crippen LogP contribution in [0.4, 0.5) is 4.79 Å². The molecule has 1 heterocycles. The molecule has 1 rings (SSSR count). The number of unbranched alkanes of at least 4 members (excludes halogenated alkanes) is 4. The first-order chi connectivity index (χ1) is 12.1. The maximum atomic E-state index is 12.6. The van der Waals surface area contributed by atoms with E-state index in [2.05, 4.69) is 31.2 Å². The molecular formula is C22H39NO3. The average molecular weight is 366 g/mol. The Morgan fingerprint density at radius 3 is 2.42 bits per heavy atom. The smallest absolute Gasteiger partial charge is 0.412 e. The summed E-state index contributed by atoms with van der Waals surface area (Å²) in [4.78, 5) is 14.3. The number of hydrogen-bond donors (Lipinski definition) is 0. The number of rotatable bonds is 8. The van der Waals surface area contributed by atoms with Crippen LogP contribution in [0.2, 0.25) is 0 Å². The number of amides is 1. The van der Waals surface area contributed by atoms with E-state index < -0.39 is 11.3 Å². The largest absolute Gasteiger partial charge is 0.444 e. The van der Waals surface area contributed by atoms with Crippen LogP contribution in [0, 0.1) is 0 Å². The monoisotopic (exact) mass is 365 g/mol. The summed E-state index contributed by atoms with van der Waals surface area (Å²) in [6.07, 6.45) is 15.3. The molecule has 1 aliphatic heterocycles. The van der Waals surface area contributed by atoms with E-state index in [1.165, 1.54) is 25.7 Å². The Morgan fingerprint density at radius 1 is 1.15 bits per heavy atom. The Morgan fingerprint density at radius 2 is 1.81 bits per heavy atom. The summed E-state index contributed by atoms with van der Waals surface area (Å²) in [6.45, 7) is 13.8. The van der Waals surface area contributed by atoms with Gasteiger partial charge >= 0.3 is 6.09 Å². The molecule has 0 bridgehead atoms. The molecule has 1 saturated heterocycles. The standard InChI is InChI=1S/C22H39NO3/c1-8-9-10-11-12-13-14-15-16-17-19-18(2)23(22(6,7)25-19)20(24)26-21(3,4)5/h13-16,18-19H,8-12,17H2,1-7H3/b14-13+,16-15+/t18-,19+/m0/s1. The second-order valence-corrected chi connectivity index (χ2v) is 8.64. The highest BCUT2D eigenvalue weighted by Gasteiger charge is 2.48. The molecule has 0 aromatic carbocycles. The van der Waals surface area contributed by atoms with Crippen LogP contribution in [0.25, 0.3) is 0 Å². The number of ether oxygens (including phenoxy) is 2. The molecule has 1 amide bonds. The van der Waals surface area contributed by atoms with Crippen LogP contribution < -0.4 is 0 Å². The minimum atomic E-state index is -0.657. The third kappa shape index (κ3) is 7.53. The third-order valence-corrected chi connectivity index (χ3v) is 4.53. The molecule has 1 aliphatic rings. The molecule has 2 atom stereocenters. The van der Waals surface area contributed by atoms with Gasteiger partial charge in [0.05, 0.1) is 12.1 Å². The second-order valence-electron chi connectivity index (χ2n) is 8.64. The predicted molar refractivity (Wildman–Crippen MR) is 108 cm³/mol. The van der Waals surface area contributed by atoms with Crippen LogP contribution >= 0.6 is 0 Å². The van der Waals surface area contributed by atoms with Crippen molar-refractivity contribution in [2.75, 3.05) is 0 Å². The number of hydrogen-bond acceptors (Lipinski definition) is 3. The molecule has 0 unspecified atom stereocenters. The molecule has 0 aliphatic carbocycles. The maximum Gasteiger partial charge on any atom is 0.412 e. The van der Waals surface area contributed by atoms with E-state index in [0.717, 1.165) is 12.8 Å². The summed E-state index contributed by atoms with van der Waals surface area (Å²) in [5.41, 5.74) is -1.16. The van der Waals surface area contributed by atoms with Gasteiger partial charge in [0.25, 0.3) is 0 Å². The quantitative estimate of drug-likeness (QED) is 0.378. The SMILES string of the molecule is CCCCCC/C=C/C=C/C[C@H]1OC(C)(C)N(C(=O)OC(C)(C)C)[C@H]1C. The van der Waals surface area contributed by atoms with Crippen LogP contribution in [0.3, 0.4) is 0 Å². The van der Waals surface area contributed by atoms with E-state index in [1.807, 2.05) is 41.5 Å². The van der Waals surface area contributed by atoms with Gasteiger partial charge < -0.3 is 9.47 Å². The van der Waals surface area contributed by atoms with Crippen LogP contribution in [0.5, 0.6) is 0 Å². The lowest BCUT2D eigenvalue weighted by Gasteiger charge is -2.34. The first-order valence-corrected chi connectivity index (χ1v) is 10.1. The van der Waals surface area contributed by atoms with Gasteiger partial charge in [0.15, 0.2) is 0 Å². The Bertz CT molecular complexity index is 488. The van der Waals surface area contributed by atoms with Crippen molar-refractivity contribution in [1.29, 1.82) is 0 Å². The van der Waals surface area contributed by atoms with E-state index in [9.17, 15) is 4.79 Å². The molecule has 0 N–H and O–H groups in total. The number of carbonyl (C=O) groups excluding carboxylic acids is 1. The fourth-order valence-corrected chi connectivity index (χ4v) is 3.28. The summed E-state index contributed by atoms with van der Waals surface area (Å²) in [6, 6.07) is -0.0254. The van der Waals surface area contributed by atoms with Crippen LogP contribution in [-0.4, -0.2) is 34.5 Å². The fourth-order valence-electron chi connectivity index (χ4n) is 3.28. The highest BCUT2D eigenvalue weighted by molar-refractivity contribution is 5.69. The van der Waals surface area contributed by atoms with Crippen molar-refractivity contribution in [2.24, 2.45) is 0 Å². The molecule has 1 fully saturated rings. The van der Waals surface area contributed by atoms with Crippen LogP contribution in [0.1, 0.15) is 87.0 Å². The molecule has 0 radical (unpaired) electrons. The third-order valence-electron chi connectivity index (χ3n) is 4.53. The zero-order valence-electron chi connectivity index (χ0n) is 17.9. The van der Waals surface area contributed by atoms with Gasteiger partial charge in [-0.05, 0) is 60.8 Å². The van der Waals surface area contributed by atoms with Crippen LogP contribution in [0.15, 0.2) is 24.3 Å². The first kappa shape index (κ1) is 22.8. The minimum Gasteiger partial charge on any atom is -0.444 e. The van der Waals surface area contributed by atoms with E-state index >= 15 is 0 Å². The molecular weight excluding hydrogens is 326 g/mol. The van der Waals surface area contributed by atoms with Crippen molar-refractivity contribution in [1.82, 2.24) is 4.90 Å². The summed E-state index contributed by atoms with van der Waals surface area (Å²) >= 11 is 0. The lowest BCUT2D eigenvalue weighted by Crippen LogP contribution is -2.49. The van der Waals surface area contributed by atoms with Crippen molar-refractivity contribution in [3.05, 3.63) is 24.3 Å². The Hall–Kier alpha value is -1.29. The van der Waals surface area contributed by atoms with Crippen molar-refractivity contribution in [3.8, 4) is 0 Å². The zero-order valence-corrected chi connectivity index (χ0v) is 17.9. The average Bonchev–Trinajstić information content (AvgIpc) is 2.72. The molecule has 150 valence electrons. The van der Waals surface area contributed by atoms with Gasteiger partial charge in [-0.3, -0.25) is 4.90 Å². The van der Waals surface area contributed by atoms with Gasteiger partial charge in [0.1, 0.15) is 11.3 Å². The Labute approximate surface area is 160 Å². The van der Waals surface area contributed by atoms with Gasteiger partial charge in [-0.1, -0.05) is 50.5 Å². The van der Waals surface area contributed by atoms with Crippen molar-refractivity contribution < 1.29 is 14.3 Å². The normalized spacial score (nSPS) is 23.3. The van der Waals surface area contributed by atoms with Crippen LogP contribution in [-0.2, 0) is 9.47 Å². The summed E-state index contributed by atoms with van der Waals surface area (Å²) in [7, 11) is 0. The van der Waals surface area contributed by atoms with E-state index in [1.54, 1.807) is 4.90 Å². The zero-order chi connectivity index (χ0) is 19.8. The van der Waals surface area contributed by atoms with Gasteiger partial charge in [-0.2, -0.15) is 0 Å². The van der Waals surface area contributed by atoms with E-state index in [4.69, 9.17) is 9.47 Å². The van der Waals surface area contributed by atoms with E-state index in [0.29, 0.717) is 0 Å². The number of allylic oxidation sites excluding steroid dienone is 3. The molecule has 26 heavy (non-hydrogen) atoms. The highest BCUT2D eigenvalue weighted by Crippen LogP contribution is 2.34. The topological polar surface area (TPSA) is 38.8 Å². The second kappa shape index (κ2) is 10.1. The number of nitrogens with zero attached hydrogens (tertiary/aromatic N) is 1. The molecule has 0 aromatic heterocycles. The van der Waals surface area contributed by atoms with Gasteiger partial charge in [-0.15, -0.1) is 0 Å². The van der Waals surface area contributed by atoms with Crippen molar-refractivity contribution in [2.45, 2.75) is 110 Å². The molecule has 0 spiro atoms.